The number of rotatable bonds is 4. The van der Waals surface area contributed by atoms with E-state index < -0.39 is 0 Å². The first kappa shape index (κ1) is 15.2. The van der Waals surface area contributed by atoms with Gasteiger partial charge in [0.1, 0.15) is 5.82 Å². The van der Waals surface area contributed by atoms with Crippen LogP contribution in [0, 0.1) is 0 Å². The maximum absolute atomic E-state index is 12.1. The molecular formula is C18H14BrN3O. The molecule has 2 aromatic carbocycles. The van der Waals surface area contributed by atoms with Gasteiger partial charge in [-0.3, -0.25) is 4.79 Å². The van der Waals surface area contributed by atoms with Gasteiger partial charge in [-0.05, 0) is 48.5 Å². The maximum Gasteiger partial charge on any atom is 0.255 e. The Bertz CT molecular complexity index is 787. The van der Waals surface area contributed by atoms with Crippen molar-refractivity contribution in [3.05, 3.63) is 83.0 Å². The lowest BCUT2D eigenvalue weighted by atomic mass is 10.2. The highest BCUT2D eigenvalue weighted by Crippen LogP contribution is 2.17. The third-order valence-electron chi connectivity index (χ3n) is 3.17. The molecule has 4 nitrogen and oxygen atoms in total. The van der Waals surface area contributed by atoms with Gasteiger partial charge in [-0.25, -0.2) is 4.98 Å². The third-order valence-corrected chi connectivity index (χ3v) is 3.70. The summed E-state index contributed by atoms with van der Waals surface area (Å²) in [7, 11) is 0. The number of nitrogens with zero attached hydrogens (tertiary/aromatic N) is 1. The summed E-state index contributed by atoms with van der Waals surface area (Å²) in [5.41, 5.74) is 2.21. The molecule has 114 valence electrons. The summed E-state index contributed by atoms with van der Waals surface area (Å²) in [6.07, 6.45) is 1.63. The summed E-state index contributed by atoms with van der Waals surface area (Å²) in [5.74, 6) is 0.556. The van der Waals surface area contributed by atoms with E-state index >= 15 is 0 Å². The molecule has 23 heavy (non-hydrogen) atoms. The van der Waals surface area contributed by atoms with E-state index in [-0.39, 0.29) is 5.91 Å². The average Bonchev–Trinajstić information content (AvgIpc) is 2.58. The zero-order valence-electron chi connectivity index (χ0n) is 12.2. The number of hydrogen-bond acceptors (Lipinski definition) is 3. The lowest BCUT2D eigenvalue weighted by Gasteiger charge is -2.08. The van der Waals surface area contributed by atoms with Crippen molar-refractivity contribution in [3.63, 3.8) is 0 Å². The number of amides is 1. The van der Waals surface area contributed by atoms with Gasteiger partial charge < -0.3 is 10.6 Å². The van der Waals surface area contributed by atoms with Crippen molar-refractivity contribution in [1.29, 1.82) is 0 Å². The molecule has 0 fully saturated rings. The molecular weight excluding hydrogens is 354 g/mol. The lowest BCUT2D eigenvalue weighted by molar-refractivity contribution is 0.102. The first-order valence-corrected chi connectivity index (χ1v) is 7.85. The molecule has 1 amide bonds. The van der Waals surface area contributed by atoms with E-state index in [1.807, 2.05) is 54.6 Å². The van der Waals surface area contributed by atoms with E-state index in [1.165, 1.54) is 0 Å². The van der Waals surface area contributed by atoms with Crippen LogP contribution in [0.1, 0.15) is 10.4 Å². The van der Waals surface area contributed by atoms with E-state index in [1.54, 1.807) is 18.3 Å². The van der Waals surface area contributed by atoms with E-state index in [2.05, 4.69) is 31.5 Å². The van der Waals surface area contributed by atoms with E-state index in [0.29, 0.717) is 11.3 Å². The molecule has 2 N–H and O–H groups in total. The highest BCUT2D eigenvalue weighted by Gasteiger charge is 2.06. The van der Waals surface area contributed by atoms with Gasteiger partial charge in [-0.2, -0.15) is 0 Å². The molecule has 0 atom stereocenters. The minimum absolute atomic E-state index is 0.164. The second-order valence-electron chi connectivity index (χ2n) is 4.88. The van der Waals surface area contributed by atoms with Crippen LogP contribution in [-0.2, 0) is 0 Å². The molecule has 3 aromatic rings. The number of para-hydroxylation sites is 1. The Hall–Kier alpha value is -2.66. The van der Waals surface area contributed by atoms with E-state index in [0.717, 1.165) is 16.0 Å². The first-order valence-electron chi connectivity index (χ1n) is 7.06. The van der Waals surface area contributed by atoms with Crippen molar-refractivity contribution in [1.82, 2.24) is 4.98 Å². The maximum atomic E-state index is 12.1. The van der Waals surface area contributed by atoms with Gasteiger partial charge >= 0.3 is 0 Å². The molecule has 5 heteroatoms. The molecule has 0 aliphatic rings. The van der Waals surface area contributed by atoms with Crippen LogP contribution >= 0.6 is 15.9 Å². The fourth-order valence-corrected chi connectivity index (χ4v) is 2.28. The minimum Gasteiger partial charge on any atom is -0.340 e. The van der Waals surface area contributed by atoms with Gasteiger partial charge in [0.15, 0.2) is 0 Å². The SMILES string of the molecule is O=C(Nc1ccc(Nc2ccccc2)nc1)c1ccc(Br)cc1. The Morgan fingerprint density at radius 1 is 0.870 bits per heavy atom. The standard InChI is InChI=1S/C18H14BrN3O/c19-14-8-6-13(7-9-14)18(23)22-16-10-11-17(20-12-16)21-15-4-2-1-3-5-15/h1-12H,(H,20,21)(H,22,23). The Morgan fingerprint density at radius 2 is 1.61 bits per heavy atom. The Kier molecular flexibility index (Phi) is 4.68. The van der Waals surface area contributed by atoms with Gasteiger partial charge in [0, 0.05) is 15.7 Å². The van der Waals surface area contributed by atoms with Crippen LogP contribution in [0.4, 0.5) is 17.2 Å². The van der Waals surface area contributed by atoms with Gasteiger partial charge in [0.25, 0.3) is 5.91 Å². The number of anilines is 3. The summed E-state index contributed by atoms with van der Waals surface area (Å²) in [5, 5.41) is 6.02. The minimum atomic E-state index is -0.164. The predicted octanol–water partition coefficient (Wildman–Crippen LogP) is 4.84. The van der Waals surface area contributed by atoms with Gasteiger partial charge in [0.05, 0.1) is 11.9 Å². The predicted molar refractivity (Wildman–Crippen MR) is 96.1 cm³/mol. The van der Waals surface area contributed by atoms with Crippen molar-refractivity contribution in [2.45, 2.75) is 0 Å². The van der Waals surface area contributed by atoms with Crippen LogP contribution in [0.15, 0.2) is 77.4 Å². The zero-order chi connectivity index (χ0) is 16.1. The summed E-state index contributed by atoms with van der Waals surface area (Å²) in [6, 6.07) is 20.6. The second-order valence-corrected chi connectivity index (χ2v) is 5.80. The van der Waals surface area contributed by atoms with E-state index in [9.17, 15) is 4.79 Å². The van der Waals surface area contributed by atoms with Crippen molar-refractivity contribution in [3.8, 4) is 0 Å². The first-order chi connectivity index (χ1) is 11.2. The molecule has 0 bridgehead atoms. The van der Waals surface area contributed by atoms with Crippen molar-refractivity contribution >= 4 is 39.0 Å². The largest absolute Gasteiger partial charge is 0.340 e. The zero-order valence-corrected chi connectivity index (χ0v) is 13.7. The third kappa shape index (κ3) is 4.17. The van der Waals surface area contributed by atoms with Crippen LogP contribution in [0.5, 0.6) is 0 Å². The number of hydrogen-bond donors (Lipinski definition) is 2. The normalized spacial score (nSPS) is 10.1. The fraction of sp³-hybridized carbons (Fsp3) is 0. The molecule has 1 aromatic heterocycles. The Labute approximate surface area is 142 Å². The number of benzene rings is 2. The Morgan fingerprint density at radius 3 is 2.26 bits per heavy atom. The molecule has 1 heterocycles. The van der Waals surface area contributed by atoms with Gasteiger partial charge in [-0.1, -0.05) is 34.1 Å². The lowest BCUT2D eigenvalue weighted by Crippen LogP contribution is -2.11. The van der Waals surface area contributed by atoms with Crippen LogP contribution in [0.25, 0.3) is 0 Å². The summed E-state index contributed by atoms with van der Waals surface area (Å²) in [4.78, 5) is 16.4. The monoisotopic (exact) mass is 367 g/mol. The van der Waals surface area contributed by atoms with Crippen LogP contribution < -0.4 is 10.6 Å². The number of pyridine rings is 1. The number of nitrogens with one attached hydrogen (secondary N) is 2. The molecule has 0 aliphatic heterocycles. The molecule has 3 rings (SSSR count). The van der Waals surface area contributed by atoms with Gasteiger partial charge in [-0.15, -0.1) is 0 Å². The van der Waals surface area contributed by atoms with Gasteiger partial charge in [0.2, 0.25) is 0 Å². The molecule has 0 saturated carbocycles. The van der Waals surface area contributed by atoms with Crippen LogP contribution in [0.3, 0.4) is 0 Å². The number of carbonyl (C=O) groups excluding carboxylic acids is 1. The van der Waals surface area contributed by atoms with E-state index in [4.69, 9.17) is 0 Å². The summed E-state index contributed by atoms with van der Waals surface area (Å²) in [6.45, 7) is 0. The number of aromatic nitrogens is 1. The molecule has 0 radical (unpaired) electrons. The smallest absolute Gasteiger partial charge is 0.255 e. The van der Waals surface area contributed by atoms with Crippen LogP contribution in [-0.4, -0.2) is 10.9 Å². The highest BCUT2D eigenvalue weighted by molar-refractivity contribution is 9.10. The molecule has 0 saturated heterocycles. The molecule has 0 aliphatic carbocycles. The average molecular weight is 368 g/mol. The van der Waals surface area contributed by atoms with Crippen LogP contribution in [0.2, 0.25) is 0 Å². The topological polar surface area (TPSA) is 54.0 Å². The van der Waals surface area contributed by atoms with Crippen molar-refractivity contribution < 1.29 is 4.79 Å². The van der Waals surface area contributed by atoms with Crippen molar-refractivity contribution in [2.75, 3.05) is 10.6 Å². The highest BCUT2D eigenvalue weighted by atomic mass is 79.9. The summed E-state index contributed by atoms with van der Waals surface area (Å²) < 4.78 is 0.937. The number of halogens is 1. The quantitative estimate of drug-likeness (QED) is 0.693. The number of carbonyl (C=O) groups is 1. The summed E-state index contributed by atoms with van der Waals surface area (Å²) >= 11 is 3.35. The second kappa shape index (κ2) is 7.07. The molecule has 0 spiro atoms. The Balaban J connectivity index is 1.65. The molecule has 0 unspecified atom stereocenters. The van der Waals surface area contributed by atoms with Crippen molar-refractivity contribution in [2.24, 2.45) is 0 Å². The fourth-order valence-electron chi connectivity index (χ4n) is 2.02.